The Morgan fingerprint density at radius 2 is 1.64 bits per heavy atom. The van der Waals surface area contributed by atoms with Crippen LogP contribution in [0.2, 0.25) is 0 Å². The number of aryl methyl sites for hydroxylation is 1. The van der Waals surface area contributed by atoms with Crippen molar-refractivity contribution < 1.29 is 13.2 Å². The quantitative estimate of drug-likeness (QED) is 0.576. The van der Waals surface area contributed by atoms with E-state index in [0.717, 1.165) is 42.8 Å². The van der Waals surface area contributed by atoms with Crippen molar-refractivity contribution in [1.82, 2.24) is 23.7 Å². The van der Waals surface area contributed by atoms with Gasteiger partial charge in [-0.05, 0) is 43.2 Å². The molecule has 0 saturated carbocycles. The largest absolute Gasteiger partial charge is 0.339 e. The number of likely N-dealkylation sites (tertiary alicyclic amines) is 1. The third-order valence-electron chi connectivity index (χ3n) is 6.69. The molecule has 0 bridgehead atoms. The molecule has 174 valence electrons. The number of aromatic nitrogens is 2. The number of carbonyl (C=O) groups excluding carboxylic acids is 1. The standard InChI is InChI=1S/C24H29N5O3S/c1-26-22-10-9-19(24(30)28-11-5-6-12-28)17-21(22)25-23(26)18-27-13-15-29(16-14-27)33(31,32)20-7-3-2-4-8-20/h2-4,7-10,17H,5-6,11-16,18H2,1H3. The van der Waals surface area contributed by atoms with Crippen molar-refractivity contribution >= 4 is 27.0 Å². The van der Waals surface area contributed by atoms with Crippen LogP contribution in [0.4, 0.5) is 0 Å². The summed E-state index contributed by atoms with van der Waals surface area (Å²) in [4.78, 5) is 22.0. The van der Waals surface area contributed by atoms with Crippen molar-refractivity contribution in [2.45, 2.75) is 24.3 Å². The number of benzene rings is 2. The smallest absolute Gasteiger partial charge is 0.253 e. The summed E-state index contributed by atoms with van der Waals surface area (Å²) in [6.45, 7) is 4.50. The second-order valence-corrected chi connectivity index (χ2v) is 10.7. The first-order valence-electron chi connectivity index (χ1n) is 11.5. The van der Waals surface area contributed by atoms with Crippen molar-refractivity contribution in [3.05, 3.63) is 59.9 Å². The summed E-state index contributed by atoms with van der Waals surface area (Å²) in [5.74, 6) is 0.993. The van der Waals surface area contributed by atoms with Crippen LogP contribution in [0.3, 0.4) is 0 Å². The zero-order chi connectivity index (χ0) is 23.0. The lowest BCUT2D eigenvalue weighted by atomic mass is 10.2. The average molecular weight is 468 g/mol. The first-order chi connectivity index (χ1) is 15.9. The van der Waals surface area contributed by atoms with Crippen molar-refractivity contribution in [1.29, 1.82) is 0 Å². The van der Waals surface area contributed by atoms with E-state index >= 15 is 0 Å². The van der Waals surface area contributed by atoms with Crippen LogP contribution in [0.1, 0.15) is 29.0 Å². The molecule has 1 aromatic heterocycles. The highest BCUT2D eigenvalue weighted by atomic mass is 32.2. The maximum absolute atomic E-state index is 12.9. The number of piperazine rings is 1. The van der Waals surface area contributed by atoms with Crippen LogP contribution >= 0.6 is 0 Å². The van der Waals surface area contributed by atoms with Crippen LogP contribution in [0.25, 0.3) is 11.0 Å². The molecule has 9 heteroatoms. The van der Waals surface area contributed by atoms with Gasteiger partial charge >= 0.3 is 0 Å². The molecule has 33 heavy (non-hydrogen) atoms. The summed E-state index contributed by atoms with van der Waals surface area (Å²) in [6.07, 6.45) is 2.14. The minimum atomic E-state index is -3.46. The van der Waals surface area contributed by atoms with E-state index in [2.05, 4.69) is 9.47 Å². The van der Waals surface area contributed by atoms with E-state index in [1.807, 2.05) is 36.2 Å². The third kappa shape index (κ3) is 4.28. The van der Waals surface area contributed by atoms with Gasteiger partial charge in [0.05, 0.1) is 22.5 Å². The maximum atomic E-state index is 12.9. The first kappa shape index (κ1) is 22.1. The minimum Gasteiger partial charge on any atom is -0.339 e. The number of imidazole rings is 1. The van der Waals surface area contributed by atoms with Gasteiger partial charge in [0.25, 0.3) is 5.91 Å². The number of hydrogen-bond acceptors (Lipinski definition) is 5. The Morgan fingerprint density at radius 1 is 0.939 bits per heavy atom. The summed E-state index contributed by atoms with van der Waals surface area (Å²) >= 11 is 0. The number of amides is 1. The van der Waals surface area contributed by atoms with Gasteiger partial charge in [-0.1, -0.05) is 18.2 Å². The molecule has 0 radical (unpaired) electrons. The van der Waals surface area contributed by atoms with Crippen LogP contribution in [0.5, 0.6) is 0 Å². The summed E-state index contributed by atoms with van der Waals surface area (Å²) in [5, 5.41) is 0. The van der Waals surface area contributed by atoms with Crippen LogP contribution in [-0.4, -0.2) is 77.2 Å². The Kier molecular flexibility index (Phi) is 5.94. The summed E-state index contributed by atoms with van der Waals surface area (Å²) in [7, 11) is -1.47. The normalized spacial score (nSPS) is 18.3. The SMILES string of the molecule is Cn1c(CN2CCN(S(=O)(=O)c3ccccc3)CC2)nc2cc(C(=O)N3CCCC3)ccc21. The van der Waals surface area contributed by atoms with E-state index in [0.29, 0.717) is 43.2 Å². The second kappa shape index (κ2) is 8.89. The molecule has 2 saturated heterocycles. The molecule has 0 aliphatic carbocycles. The van der Waals surface area contributed by atoms with Gasteiger partial charge in [0.1, 0.15) is 5.82 Å². The Hall–Kier alpha value is -2.75. The molecule has 8 nitrogen and oxygen atoms in total. The van der Waals surface area contributed by atoms with Crippen LogP contribution in [-0.2, 0) is 23.6 Å². The molecule has 2 aromatic carbocycles. The average Bonchev–Trinajstić information content (AvgIpc) is 3.48. The molecule has 2 aliphatic rings. The zero-order valence-corrected chi connectivity index (χ0v) is 19.7. The Morgan fingerprint density at radius 3 is 2.33 bits per heavy atom. The lowest BCUT2D eigenvalue weighted by Crippen LogP contribution is -2.48. The fourth-order valence-electron chi connectivity index (χ4n) is 4.70. The van der Waals surface area contributed by atoms with E-state index in [4.69, 9.17) is 4.98 Å². The number of hydrogen-bond donors (Lipinski definition) is 0. The number of sulfonamides is 1. The van der Waals surface area contributed by atoms with Crippen LogP contribution < -0.4 is 0 Å². The predicted octanol–water partition coefficient (Wildman–Crippen LogP) is 2.32. The zero-order valence-electron chi connectivity index (χ0n) is 18.9. The number of nitrogens with zero attached hydrogens (tertiary/aromatic N) is 5. The summed E-state index contributed by atoms with van der Waals surface area (Å²) in [6, 6.07) is 14.4. The number of carbonyl (C=O) groups is 1. The maximum Gasteiger partial charge on any atom is 0.253 e. The van der Waals surface area contributed by atoms with Gasteiger partial charge in [-0.3, -0.25) is 9.69 Å². The van der Waals surface area contributed by atoms with E-state index in [-0.39, 0.29) is 5.91 Å². The van der Waals surface area contributed by atoms with Gasteiger partial charge < -0.3 is 9.47 Å². The molecule has 5 rings (SSSR count). The molecule has 0 spiro atoms. The number of rotatable bonds is 5. The Balaban J connectivity index is 1.27. The van der Waals surface area contributed by atoms with Gasteiger partial charge in [0, 0.05) is 51.9 Å². The van der Waals surface area contributed by atoms with Crippen molar-refractivity contribution in [3.63, 3.8) is 0 Å². The first-order valence-corrected chi connectivity index (χ1v) is 12.9. The summed E-state index contributed by atoms with van der Waals surface area (Å²) in [5.41, 5.74) is 2.50. The van der Waals surface area contributed by atoms with Crippen molar-refractivity contribution in [3.8, 4) is 0 Å². The van der Waals surface area contributed by atoms with Crippen LogP contribution in [0, 0.1) is 0 Å². The van der Waals surface area contributed by atoms with Gasteiger partial charge in [0.15, 0.2) is 0 Å². The predicted molar refractivity (Wildman–Crippen MR) is 126 cm³/mol. The molecule has 0 N–H and O–H groups in total. The molecule has 2 aliphatic heterocycles. The highest BCUT2D eigenvalue weighted by Gasteiger charge is 2.29. The van der Waals surface area contributed by atoms with E-state index in [9.17, 15) is 13.2 Å². The molecule has 3 aromatic rings. The highest BCUT2D eigenvalue weighted by molar-refractivity contribution is 7.89. The third-order valence-corrected chi connectivity index (χ3v) is 8.60. The molecular weight excluding hydrogens is 438 g/mol. The molecule has 2 fully saturated rings. The van der Waals surface area contributed by atoms with Gasteiger partial charge in [-0.25, -0.2) is 13.4 Å². The monoisotopic (exact) mass is 467 g/mol. The lowest BCUT2D eigenvalue weighted by Gasteiger charge is -2.33. The second-order valence-electron chi connectivity index (χ2n) is 8.78. The summed E-state index contributed by atoms with van der Waals surface area (Å²) < 4.78 is 29.4. The molecule has 0 unspecified atom stereocenters. The number of fused-ring (bicyclic) bond motifs is 1. The molecule has 1 amide bonds. The van der Waals surface area contributed by atoms with E-state index in [1.165, 1.54) is 0 Å². The molecular formula is C24H29N5O3S. The van der Waals surface area contributed by atoms with Gasteiger partial charge in [-0.15, -0.1) is 0 Å². The molecule has 0 atom stereocenters. The van der Waals surface area contributed by atoms with E-state index < -0.39 is 10.0 Å². The van der Waals surface area contributed by atoms with Crippen molar-refractivity contribution in [2.75, 3.05) is 39.3 Å². The Bertz CT molecular complexity index is 1260. The molecule has 3 heterocycles. The fourth-order valence-corrected chi connectivity index (χ4v) is 6.14. The van der Waals surface area contributed by atoms with E-state index in [1.54, 1.807) is 28.6 Å². The lowest BCUT2D eigenvalue weighted by molar-refractivity contribution is 0.0793. The van der Waals surface area contributed by atoms with Crippen LogP contribution in [0.15, 0.2) is 53.4 Å². The van der Waals surface area contributed by atoms with Gasteiger partial charge in [-0.2, -0.15) is 4.31 Å². The van der Waals surface area contributed by atoms with Gasteiger partial charge in [0.2, 0.25) is 10.0 Å². The topological polar surface area (TPSA) is 78.7 Å². The fraction of sp³-hybridized carbons (Fsp3) is 0.417. The highest BCUT2D eigenvalue weighted by Crippen LogP contribution is 2.22. The van der Waals surface area contributed by atoms with Crippen molar-refractivity contribution in [2.24, 2.45) is 7.05 Å². The Labute approximate surface area is 194 Å². The minimum absolute atomic E-state index is 0.0809.